The minimum atomic E-state index is -3.40. The van der Waals surface area contributed by atoms with Crippen molar-refractivity contribution in [3.8, 4) is 0 Å². The van der Waals surface area contributed by atoms with Gasteiger partial charge in [0, 0.05) is 20.2 Å². The van der Waals surface area contributed by atoms with Gasteiger partial charge < -0.3 is 10.5 Å². The zero-order valence-corrected chi connectivity index (χ0v) is 10.8. The van der Waals surface area contributed by atoms with E-state index in [0.29, 0.717) is 25.6 Å². The summed E-state index contributed by atoms with van der Waals surface area (Å²) >= 11 is 0. The van der Waals surface area contributed by atoms with Gasteiger partial charge in [-0.05, 0) is 18.9 Å². The van der Waals surface area contributed by atoms with E-state index in [2.05, 4.69) is 9.44 Å². The average molecular weight is 253 g/mol. The van der Waals surface area contributed by atoms with Gasteiger partial charge in [0.2, 0.25) is 0 Å². The van der Waals surface area contributed by atoms with Crippen LogP contribution in [0.4, 0.5) is 0 Å². The van der Waals surface area contributed by atoms with Crippen LogP contribution in [-0.2, 0) is 14.9 Å². The van der Waals surface area contributed by atoms with E-state index in [9.17, 15) is 8.42 Å². The molecule has 0 saturated carbocycles. The number of hydrogen-bond acceptors (Lipinski definition) is 4. The SMILES string of the molecule is CCC(CCN)CNS(=O)(=O)NCCOC. The van der Waals surface area contributed by atoms with E-state index in [4.69, 9.17) is 10.5 Å². The lowest BCUT2D eigenvalue weighted by atomic mass is 10.0. The van der Waals surface area contributed by atoms with Crippen molar-refractivity contribution in [3.63, 3.8) is 0 Å². The topological polar surface area (TPSA) is 93.5 Å². The third-order valence-corrected chi connectivity index (χ3v) is 3.44. The minimum Gasteiger partial charge on any atom is -0.383 e. The fourth-order valence-electron chi connectivity index (χ4n) is 1.24. The number of methoxy groups -OCH3 is 1. The summed E-state index contributed by atoms with van der Waals surface area (Å²) in [5, 5.41) is 0. The number of nitrogens with one attached hydrogen (secondary N) is 2. The largest absolute Gasteiger partial charge is 0.383 e. The van der Waals surface area contributed by atoms with Crippen molar-refractivity contribution in [2.24, 2.45) is 11.7 Å². The maximum Gasteiger partial charge on any atom is 0.276 e. The van der Waals surface area contributed by atoms with Crippen LogP contribution in [0.2, 0.25) is 0 Å². The molecule has 0 rings (SSSR count). The van der Waals surface area contributed by atoms with Crippen molar-refractivity contribution in [2.75, 3.05) is 33.4 Å². The molecular weight excluding hydrogens is 230 g/mol. The maximum absolute atomic E-state index is 11.4. The summed E-state index contributed by atoms with van der Waals surface area (Å²) in [5.41, 5.74) is 5.43. The van der Waals surface area contributed by atoms with Gasteiger partial charge in [-0.25, -0.2) is 4.72 Å². The molecule has 6 nitrogen and oxygen atoms in total. The number of ether oxygens (including phenoxy) is 1. The van der Waals surface area contributed by atoms with Crippen LogP contribution in [0.1, 0.15) is 19.8 Å². The van der Waals surface area contributed by atoms with Gasteiger partial charge in [-0.3, -0.25) is 0 Å². The van der Waals surface area contributed by atoms with Gasteiger partial charge in [0.1, 0.15) is 0 Å². The standard InChI is InChI=1S/C9H23N3O3S/c1-3-9(4-5-10)8-12-16(13,14)11-6-7-15-2/h9,11-12H,3-8,10H2,1-2H3. The monoisotopic (exact) mass is 253 g/mol. The Balaban J connectivity index is 3.87. The predicted octanol–water partition coefficient (Wildman–Crippen LogP) is -0.568. The van der Waals surface area contributed by atoms with Crippen molar-refractivity contribution < 1.29 is 13.2 Å². The third-order valence-electron chi connectivity index (χ3n) is 2.31. The highest BCUT2D eigenvalue weighted by molar-refractivity contribution is 7.87. The van der Waals surface area contributed by atoms with Crippen LogP contribution < -0.4 is 15.2 Å². The van der Waals surface area contributed by atoms with E-state index in [1.807, 2.05) is 6.92 Å². The van der Waals surface area contributed by atoms with Crippen molar-refractivity contribution in [2.45, 2.75) is 19.8 Å². The third kappa shape index (κ3) is 8.00. The molecule has 0 spiro atoms. The Hall–Kier alpha value is -0.210. The molecule has 0 bridgehead atoms. The molecule has 0 fully saturated rings. The molecule has 1 unspecified atom stereocenters. The molecule has 0 radical (unpaired) electrons. The van der Waals surface area contributed by atoms with Crippen LogP contribution in [0.3, 0.4) is 0 Å². The summed E-state index contributed by atoms with van der Waals surface area (Å²) in [6.07, 6.45) is 1.74. The van der Waals surface area contributed by atoms with E-state index in [0.717, 1.165) is 12.8 Å². The van der Waals surface area contributed by atoms with E-state index < -0.39 is 10.2 Å². The molecule has 7 heteroatoms. The molecule has 16 heavy (non-hydrogen) atoms. The first-order chi connectivity index (χ1) is 7.55. The zero-order chi connectivity index (χ0) is 12.4. The fourth-order valence-corrected chi connectivity index (χ4v) is 2.15. The fraction of sp³-hybridized carbons (Fsp3) is 1.00. The second-order valence-corrected chi connectivity index (χ2v) is 5.17. The van der Waals surface area contributed by atoms with Gasteiger partial charge in [0.15, 0.2) is 0 Å². The Morgan fingerprint density at radius 2 is 2.06 bits per heavy atom. The maximum atomic E-state index is 11.4. The summed E-state index contributed by atoms with van der Waals surface area (Å²) in [4.78, 5) is 0. The number of hydrogen-bond donors (Lipinski definition) is 3. The zero-order valence-electron chi connectivity index (χ0n) is 10.0. The predicted molar refractivity (Wildman–Crippen MR) is 64.3 cm³/mol. The lowest BCUT2D eigenvalue weighted by molar-refractivity contribution is 0.204. The molecule has 0 heterocycles. The van der Waals surface area contributed by atoms with E-state index in [1.165, 1.54) is 7.11 Å². The van der Waals surface area contributed by atoms with Gasteiger partial charge >= 0.3 is 0 Å². The summed E-state index contributed by atoms with van der Waals surface area (Å²) < 4.78 is 32.5. The van der Waals surface area contributed by atoms with Crippen LogP contribution in [-0.4, -0.2) is 41.8 Å². The first-order valence-electron chi connectivity index (χ1n) is 5.49. The molecule has 0 aromatic heterocycles. The molecule has 0 aliphatic heterocycles. The molecule has 4 N–H and O–H groups in total. The summed E-state index contributed by atoms with van der Waals surface area (Å²) in [6.45, 7) is 3.67. The Morgan fingerprint density at radius 1 is 1.38 bits per heavy atom. The van der Waals surface area contributed by atoms with Crippen LogP contribution in [0.15, 0.2) is 0 Å². The summed E-state index contributed by atoms with van der Waals surface area (Å²) in [7, 11) is -1.87. The van der Waals surface area contributed by atoms with Crippen molar-refractivity contribution in [1.82, 2.24) is 9.44 Å². The summed E-state index contributed by atoms with van der Waals surface area (Å²) in [5.74, 6) is 0.295. The molecule has 0 aliphatic rings. The molecule has 0 aromatic carbocycles. The van der Waals surface area contributed by atoms with Gasteiger partial charge in [-0.2, -0.15) is 13.1 Å². The van der Waals surface area contributed by atoms with Crippen molar-refractivity contribution >= 4 is 10.2 Å². The molecule has 0 aliphatic carbocycles. The van der Waals surface area contributed by atoms with Crippen molar-refractivity contribution in [3.05, 3.63) is 0 Å². The minimum absolute atomic E-state index is 0.277. The first-order valence-corrected chi connectivity index (χ1v) is 6.97. The Morgan fingerprint density at radius 3 is 2.56 bits per heavy atom. The van der Waals surface area contributed by atoms with Crippen LogP contribution in [0.25, 0.3) is 0 Å². The van der Waals surface area contributed by atoms with Crippen LogP contribution in [0.5, 0.6) is 0 Å². The quantitative estimate of drug-likeness (QED) is 0.455. The van der Waals surface area contributed by atoms with E-state index in [1.54, 1.807) is 0 Å². The van der Waals surface area contributed by atoms with Gasteiger partial charge in [0.05, 0.1) is 6.61 Å². The highest BCUT2D eigenvalue weighted by atomic mass is 32.2. The highest BCUT2D eigenvalue weighted by Gasteiger charge is 2.12. The van der Waals surface area contributed by atoms with Crippen LogP contribution in [0, 0.1) is 5.92 Å². The average Bonchev–Trinajstić information content (AvgIpc) is 2.24. The first kappa shape index (κ1) is 15.8. The van der Waals surface area contributed by atoms with Crippen molar-refractivity contribution in [1.29, 1.82) is 0 Å². The Kier molecular flexibility index (Phi) is 8.77. The molecule has 0 saturated heterocycles. The Labute approximate surface area is 98.1 Å². The molecule has 1 atom stereocenters. The van der Waals surface area contributed by atoms with Gasteiger partial charge in [-0.15, -0.1) is 0 Å². The lowest BCUT2D eigenvalue weighted by Gasteiger charge is -2.15. The van der Waals surface area contributed by atoms with E-state index >= 15 is 0 Å². The van der Waals surface area contributed by atoms with E-state index in [-0.39, 0.29) is 6.54 Å². The van der Waals surface area contributed by atoms with Gasteiger partial charge in [0.25, 0.3) is 10.2 Å². The Bertz CT molecular complexity index is 257. The number of rotatable bonds is 10. The molecule has 98 valence electrons. The van der Waals surface area contributed by atoms with Crippen LogP contribution >= 0.6 is 0 Å². The second kappa shape index (κ2) is 8.89. The van der Waals surface area contributed by atoms with Gasteiger partial charge in [-0.1, -0.05) is 13.3 Å². The number of nitrogens with two attached hydrogens (primary N) is 1. The lowest BCUT2D eigenvalue weighted by Crippen LogP contribution is -2.40. The second-order valence-electron chi connectivity index (χ2n) is 3.59. The molecule has 0 aromatic rings. The normalized spacial score (nSPS) is 13.9. The smallest absolute Gasteiger partial charge is 0.276 e. The molecule has 0 amide bonds. The summed E-state index contributed by atoms with van der Waals surface area (Å²) in [6, 6.07) is 0. The highest BCUT2D eigenvalue weighted by Crippen LogP contribution is 2.05. The molecular formula is C9H23N3O3S.